The summed E-state index contributed by atoms with van der Waals surface area (Å²) in [6.07, 6.45) is 5.84. The number of thiophene rings is 2. The lowest BCUT2D eigenvalue weighted by Gasteiger charge is -2.33. The fourth-order valence-electron chi connectivity index (χ4n) is 5.06. The molecule has 1 amide bonds. The number of methoxy groups -OCH3 is 1. The van der Waals surface area contributed by atoms with Crippen LogP contribution in [0, 0.1) is 11.3 Å². The molecule has 3 N–H and O–H groups in total. The Kier molecular flexibility index (Phi) is 5.48. The molecular weight excluding hydrogens is 454 g/mol. The van der Waals surface area contributed by atoms with Crippen LogP contribution in [0.15, 0.2) is 6.07 Å². The minimum atomic E-state index is -0.403. The molecule has 0 saturated carbocycles. The smallest absolute Gasteiger partial charge is 0.341 e. The van der Waals surface area contributed by atoms with Crippen molar-refractivity contribution < 1.29 is 14.3 Å². The zero-order valence-electron chi connectivity index (χ0n) is 19.5. The Balaban J connectivity index is 1.49. The number of carbonyl (C=O) groups is 2. The summed E-state index contributed by atoms with van der Waals surface area (Å²) in [7, 11) is 1.38. The van der Waals surface area contributed by atoms with Crippen molar-refractivity contribution in [3.8, 4) is 0 Å². The van der Waals surface area contributed by atoms with E-state index in [9.17, 15) is 9.59 Å². The number of ether oxygens (including phenoxy) is 1. The lowest BCUT2D eigenvalue weighted by molar-refractivity contribution is 0.0600. The van der Waals surface area contributed by atoms with Gasteiger partial charge in [-0.3, -0.25) is 4.79 Å². The van der Waals surface area contributed by atoms with Gasteiger partial charge in [0, 0.05) is 16.0 Å². The zero-order chi connectivity index (χ0) is 23.5. The van der Waals surface area contributed by atoms with Crippen LogP contribution in [0.5, 0.6) is 0 Å². The third kappa shape index (κ3) is 3.83. The predicted molar refractivity (Wildman–Crippen MR) is 135 cm³/mol. The number of nitrogen functional groups attached to an aromatic ring is 1. The number of aromatic nitrogens is 1. The van der Waals surface area contributed by atoms with Crippen LogP contribution in [-0.2, 0) is 30.4 Å². The average molecular weight is 484 g/mol. The van der Waals surface area contributed by atoms with E-state index < -0.39 is 5.97 Å². The summed E-state index contributed by atoms with van der Waals surface area (Å²) in [5.74, 6) is -0.171. The van der Waals surface area contributed by atoms with Crippen LogP contribution >= 0.6 is 22.7 Å². The van der Waals surface area contributed by atoms with Gasteiger partial charge in [-0.05, 0) is 67.1 Å². The van der Waals surface area contributed by atoms with E-state index in [4.69, 9.17) is 15.5 Å². The summed E-state index contributed by atoms with van der Waals surface area (Å²) in [6.45, 7) is 6.77. The van der Waals surface area contributed by atoms with Gasteiger partial charge in [-0.25, -0.2) is 9.78 Å². The van der Waals surface area contributed by atoms with E-state index in [1.165, 1.54) is 40.2 Å². The molecule has 0 spiro atoms. The molecule has 8 heteroatoms. The number of hydrogen-bond donors (Lipinski definition) is 2. The maximum absolute atomic E-state index is 13.3. The van der Waals surface area contributed by atoms with Crippen molar-refractivity contribution in [2.75, 3.05) is 18.2 Å². The minimum Gasteiger partial charge on any atom is -0.465 e. The quantitative estimate of drug-likeness (QED) is 0.472. The monoisotopic (exact) mass is 483 g/mol. The third-order valence-corrected chi connectivity index (χ3v) is 9.35. The molecule has 2 aliphatic rings. The number of esters is 1. The molecule has 3 heterocycles. The number of nitrogens with two attached hydrogens (primary N) is 1. The summed E-state index contributed by atoms with van der Waals surface area (Å²) in [5.41, 5.74) is 10.9. The Morgan fingerprint density at radius 3 is 2.73 bits per heavy atom. The van der Waals surface area contributed by atoms with Crippen molar-refractivity contribution >= 4 is 55.5 Å². The lowest BCUT2D eigenvalue weighted by atomic mass is 9.72. The second-order valence-corrected chi connectivity index (χ2v) is 12.2. The van der Waals surface area contributed by atoms with Gasteiger partial charge in [0.05, 0.1) is 18.4 Å². The predicted octanol–water partition coefficient (Wildman–Crippen LogP) is 5.62. The minimum absolute atomic E-state index is 0.190. The summed E-state index contributed by atoms with van der Waals surface area (Å²) < 4.78 is 5.08. The van der Waals surface area contributed by atoms with E-state index >= 15 is 0 Å². The summed E-state index contributed by atoms with van der Waals surface area (Å²) in [5, 5.41) is 4.39. The molecule has 5 rings (SSSR count). The van der Waals surface area contributed by atoms with Crippen LogP contribution in [0.25, 0.3) is 10.2 Å². The highest BCUT2D eigenvalue weighted by atomic mass is 32.1. The van der Waals surface area contributed by atoms with Gasteiger partial charge in [-0.2, -0.15) is 0 Å². The molecule has 0 radical (unpaired) electrons. The van der Waals surface area contributed by atoms with E-state index in [1.807, 2.05) is 0 Å². The Labute approximate surface area is 201 Å². The van der Waals surface area contributed by atoms with Crippen LogP contribution < -0.4 is 11.1 Å². The Hall–Kier alpha value is -2.45. The van der Waals surface area contributed by atoms with Gasteiger partial charge < -0.3 is 15.8 Å². The van der Waals surface area contributed by atoms with Gasteiger partial charge >= 0.3 is 5.97 Å². The SMILES string of the molecule is COC(=O)c1c(NC(=O)c2sc3nc4c(cc3c2N)CCC4)sc2c1CCC(C(C)(C)C)C2. The van der Waals surface area contributed by atoms with Gasteiger partial charge in [0.15, 0.2) is 0 Å². The summed E-state index contributed by atoms with van der Waals surface area (Å²) >= 11 is 2.81. The normalized spacial score (nSPS) is 17.6. The maximum atomic E-state index is 13.3. The molecule has 6 nitrogen and oxygen atoms in total. The summed E-state index contributed by atoms with van der Waals surface area (Å²) in [6, 6.07) is 2.09. The van der Waals surface area contributed by atoms with E-state index in [-0.39, 0.29) is 11.3 Å². The number of carbonyl (C=O) groups excluding carboxylic acids is 2. The van der Waals surface area contributed by atoms with Crippen molar-refractivity contribution in [2.24, 2.45) is 11.3 Å². The number of anilines is 2. The van der Waals surface area contributed by atoms with Crippen molar-refractivity contribution in [3.63, 3.8) is 0 Å². The van der Waals surface area contributed by atoms with Crippen molar-refractivity contribution in [1.82, 2.24) is 4.98 Å². The summed E-state index contributed by atoms with van der Waals surface area (Å²) in [4.78, 5) is 33.2. The molecule has 0 saturated heterocycles. The number of hydrogen-bond acceptors (Lipinski definition) is 7. The van der Waals surface area contributed by atoms with Crippen LogP contribution in [0.1, 0.15) is 75.3 Å². The van der Waals surface area contributed by atoms with Crippen LogP contribution in [0.3, 0.4) is 0 Å². The highest BCUT2D eigenvalue weighted by Crippen LogP contribution is 2.45. The largest absolute Gasteiger partial charge is 0.465 e. The third-order valence-electron chi connectivity index (χ3n) is 7.06. The second kappa shape index (κ2) is 8.09. The van der Waals surface area contributed by atoms with Gasteiger partial charge in [-0.1, -0.05) is 20.8 Å². The second-order valence-electron chi connectivity index (χ2n) is 10.1. The maximum Gasteiger partial charge on any atom is 0.341 e. The van der Waals surface area contributed by atoms with Crippen LogP contribution in [0.2, 0.25) is 0 Å². The number of nitrogens with one attached hydrogen (secondary N) is 1. The first kappa shape index (κ1) is 22.3. The number of nitrogens with zero attached hydrogens (tertiary/aromatic N) is 1. The van der Waals surface area contributed by atoms with E-state index in [0.717, 1.165) is 60.0 Å². The molecule has 3 aromatic rings. The van der Waals surface area contributed by atoms with Gasteiger partial charge in [0.1, 0.15) is 14.7 Å². The Morgan fingerprint density at radius 1 is 1.21 bits per heavy atom. The van der Waals surface area contributed by atoms with Crippen molar-refractivity contribution in [3.05, 3.63) is 38.2 Å². The number of rotatable bonds is 3. The fourth-order valence-corrected chi connectivity index (χ4v) is 7.36. The van der Waals surface area contributed by atoms with Gasteiger partial charge in [-0.15, -0.1) is 22.7 Å². The molecule has 1 unspecified atom stereocenters. The molecule has 0 aliphatic heterocycles. The van der Waals surface area contributed by atoms with Crippen LogP contribution in [0.4, 0.5) is 10.7 Å². The van der Waals surface area contributed by atoms with E-state index in [2.05, 4.69) is 32.2 Å². The highest BCUT2D eigenvalue weighted by Gasteiger charge is 2.34. The molecule has 0 bridgehead atoms. The molecule has 0 fully saturated rings. The topological polar surface area (TPSA) is 94.3 Å². The number of fused-ring (bicyclic) bond motifs is 3. The van der Waals surface area contributed by atoms with Crippen LogP contribution in [-0.4, -0.2) is 24.0 Å². The average Bonchev–Trinajstić information content (AvgIpc) is 3.45. The standard InChI is InChI=1S/C25H29N3O3S2/c1-25(2,3)13-8-9-14-17(11-13)32-23(18(14)24(30)31-4)28-21(29)20-19(26)15-10-12-6-5-7-16(12)27-22(15)33-20/h10,13H,5-9,11,26H2,1-4H3,(H,28,29). The molecule has 1 atom stereocenters. The molecule has 2 aliphatic carbocycles. The van der Waals surface area contributed by atoms with Crippen molar-refractivity contribution in [2.45, 2.75) is 59.3 Å². The van der Waals surface area contributed by atoms with E-state index in [0.29, 0.717) is 27.0 Å². The zero-order valence-corrected chi connectivity index (χ0v) is 21.1. The fraction of sp³-hybridized carbons (Fsp3) is 0.480. The van der Waals surface area contributed by atoms with Gasteiger partial charge in [0.2, 0.25) is 0 Å². The molecule has 0 aromatic carbocycles. The Bertz CT molecular complexity index is 1280. The van der Waals surface area contributed by atoms with E-state index in [1.54, 1.807) is 0 Å². The first-order chi connectivity index (χ1) is 15.7. The Morgan fingerprint density at radius 2 is 2.00 bits per heavy atom. The number of amides is 1. The number of aryl methyl sites for hydroxylation is 2. The lowest BCUT2D eigenvalue weighted by Crippen LogP contribution is -2.26. The molecule has 3 aromatic heterocycles. The molecular formula is C25H29N3O3S2. The van der Waals surface area contributed by atoms with Crippen molar-refractivity contribution in [1.29, 1.82) is 0 Å². The highest BCUT2D eigenvalue weighted by molar-refractivity contribution is 7.21. The molecule has 33 heavy (non-hydrogen) atoms. The first-order valence-electron chi connectivity index (χ1n) is 11.4. The molecule has 174 valence electrons. The van der Waals surface area contributed by atoms with Gasteiger partial charge in [0.25, 0.3) is 5.91 Å². The number of pyridine rings is 1. The first-order valence-corrected chi connectivity index (χ1v) is 13.1.